The third-order valence-corrected chi connectivity index (χ3v) is 5.02. The highest BCUT2D eigenvalue weighted by Gasteiger charge is 2.26. The van der Waals surface area contributed by atoms with Crippen LogP contribution in [0.1, 0.15) is 54.5 Å². The maximum Gasteiger partial charge on any atom is 0.390 e. The maximum atomic E-state index is 14.8. The van der Waals surface area contributed by atoms with Crippen molar-refractivity contribution in [1.82, 2.24) is 15.3 Å². The molecule has 0 aliphatic carbocycles. The van der Waals surface area contributed by atoms with Crippen LogP contribution in [0.15, 0.2) is 30.3 Å². The average Bonchev–Trinajstić information content (AvgIpc) is 3.08. The predicted octanol–water partition coefficient (Wildman–Crippen LogP) is 5.28. The first-order valence-corrected chi connectivity index (χ1v) is 10.1. The van der Waals surface area contributed by atoms with Gasteiger partial charge in [0.25, 0.3) is 5.91 Å². The number of nitrogens with one attached hydrogen (secondary N) is 2. The number of benzene rings is 2. The number of H-pyrrole nitrogens is 1. The number of halogens is 4. The number of rotatable bonds is 6. The molecule has 0 aliphatic rings. The minimum atomic E-state index is -4.34. The molecule has 0 radical (unpaired) electrons. The van der Waals surface area contributed by atoms with Gasteiger partial charge in [-0.05, 0) is 41.3 Å². The van der Waals surface area contributed by atoms with Crippen molar-refractivity contribution in [2.45, 2.75) is 45.2 Å². The zero-order valence-corrected chi connectivity index (χ0v) is 18.3. The minimum Gasteiger partial charge on any atom is -0.496 e. The predicted molar refractivity (Wildman–Crippen MR) is 114 cm³/mol. The van der Waals surface area contributed by atoms with Crippen LogP contribution in [-0.2, 0) is 11.8 Å². The number of carbonyl (C=O) groups excluding carboxylic acids is 1. The van der Waals surface area contributed by atoms with Gasteiger partial charge < -0.3 is 15.0 Å². The van der Waals surface area contributed by atoms with E-state index in [9.17, 15) is 22.4 Å². The molecule has 2 aromatic carbocycles. The Morgan fingerprint density at radius 3 is 2.50 bits per heavy atom. The topological polar surface area (TPSA) is 67.0 Å². The molecule has 172 valence electrons. The Morgan fingerprint density at radius 2 is 1.88 bits per heavy atom. The van der Waals surface area contributed by atoms with E-state index in [4.69, 9.17) is 4.74 Å². The Labute approximate surface area is 183 Å². The molecule has 1 amide bonds. The average molecular weight is 451 g/mol. The van der Waals surface area contributed by atoms with Gasteiger partial charge in [0, 0.05) is 24.1 Å². The highest BCUT2D eigenvalue weighted by molar-refractivity contribution is 5.97. The van der Waals surface area contributed by atoms with Gasteiger partial charge in [-0.3, -0.25) is 4.79 Å². The number of ether oxygens (including phenoxy) is 1. The van der Waals surface area contributed by atoms with Crippen LogP contribution in [0.5, 0.6) is 5.75 Å². The lowest BCUT2D eigenvalue weighted by molar-refractivity contribution is -0.132. The van der Waals surface area contributed by atoms with E-state index in [-0.39, 0.29) is 23.2 Å². The van der Waals surface area contributed by atoms with Gasteiger partial charge in [-0.15, -0.1) is 0 Å². The molecular weight excluding hydrogens is 426 g/mol. The Hall–Kier alpha value is -3.10. The number of carbonyl (C=O) groups is 1. The van der Waals surface area contributed by atoms with Gasteiger partial charge in [0.15, 0.2) is 0 Å². The molecule has 0 fully saturated rings. The van der Waals surface area contributed by atoms with Crippen molar-refractivity contribution in [1.29, 1.82) is 0 Å². The summed E-state index contributed by atoms with van der Waals surface area (Å²) in [5.74, 6) is 0.0806. The molecule has 9 heteroatoms. The number of hydrogen-bond acceptors (Lipinski definition) is 3. The number of aromatic nitrogens is 2. The van der Waals surface area contributed by atoms with E-state index in [0.29, 0.717) is 28.2 Å². The molecule has 0 atom stereocenters. The van der Waals surface area contributed by atoms with Crippen molar-refractivity contribution in [2.24, 2.45) is 0 Å². The van der Waals surface area contributed by atoms with E-state index >= 15 is 0 Å². The van der Waals surface area contributed by atoms with Gasteiger partial charge in [-0.1, -0.05) is 20.8 Å². The van der Waals surface area contributed by atoms with Gasteiger partial charge in [0.2, 0.25) is 0 Å². The zero-order chi connectivity index (χ0) is 23.7. The lowest BCUT2D eigenvalue weighted by atomic mass is 9.85. The number of fused-ring (bicyclic) bond motifs is 1. The van der Waals surface area contributed by atoms with Gasteiger partial charge >= 0.3 is 6.18 Å². The van der Waals surface area contributed by atoms with E-state index < -0.39 is 25.0 Å². The summed E-state index contributed by atoms with van der Waals surface area (Å²) in [6, 6.07) is 7.72. The van der Waals surface area contributed by atoms with Crippen LogP contribution in [0.4, 0.5) is 17.6 Å². The summed E-state index contributed by atoms with van der Waals surface area (Å²) in [7, 11) is 1.54. The first-order valence-electron chi connectivity index (χ1n) is 10.1. The smallest absolute Gasteiger partial charge is 0.390 e. The monoisotopic (exact) mass is 451 g/mol. The van der Waals surface area contributed by atoms with Crippen molar-refractivity contribution < 1.29 is 27.1 Å². The lowest BCUT2D eigenvalue weighted by Crippen LogP contribution is -2.27. The van der Waals surface area contributed by atoms with Crippen LogP contribution in [0.2, 0.25) is 0 Å². The number of nitrogens with zero attached hydrogens (tertiary/aromatic N) is 1. The second-order valence-corrected chi connectivity index (χ2v) is 8.61. The molecule has 2 N–H and O–H groups in total. The highest BCUT2D eigenvalue weighted by atomic mass is 19.4. The fraction of sp³-hybridized carbons (Fsp3) is 0.391. The van der Waals surface area contributed by atoms with Crippen molar-refractivity contribution in [3.8, 4) is 5.75 Å². The first-order chi connectivity index (χ1) is 14.9. The van der Waals surface area contributed by atoms with Gasteiger partial charge in [0.1, 0.15) is 17.4 Å². The van der Waals surface area contributed by atoms with Crippen LogP contribution in [0.3, 0.4) is 0 Å². The zero-order valence-electron chi connectivity index (χ0n) is 18.3. The van der Waals surface area contributed by atoms with E-state index in [1.165, 1.54) is 25.3 Å². The summed E-state index contributed by atoms with van der Waals surface area (Å²) < 4.78 is 57.0. The Balaban J connectivity index is 1.80. The van der Waals surface area contributed by atoms with Gasteiger partial charge in [-0.2, -0.15) is 13.2 Å². The quantitative estimate of drug-likeness (QED) is 0.501. The summed E-state index contributed by atoms with van der Waals surface area (Å²) >= 11 is 0. The summed E-state index contributed by atoms with van der Waals surface area (Å²) in [5.41, 5.74) is 2.15. The van der Waals surface area contributed by atoms with Crippen LogP contribution in [0, 0.1) is 5.82 Å². The second-order valence-electron chi connectivity index (χ2n) is 8.61. The van der Waals surface area contributed by atoms with Crippen molar-refractivity contribution in [3.05, 3.63) is 58.7 Å². The number of hydrogen-bond donors (Lipinski definition) is 2. The molecule has 0 unspecified atom stereocenters. The number of methoxy groups -OCH3 is 1. The second kappa shape index (κ2) is 8.80. The number of amides is 1. The van der Waals surface area contributed by atoms with Crippen LogP contribution >= 0.6 is 0 Å². The van der Waals surface area contributed by atoms with E-state index in [2.05, 4.69) is 15.3 Å². The molecule has 0 spiro atoms. The molecule has 0 aliphatic heterocycles. The Kier molecular flexibility index (Phi) is 6.48. The van der Waals surface area contributed by atoms with E-state index in [1.807, 2.05) is 20.8 Å². The number of alkyl halides is 3. The third-order valence-electron chi connectivity index (χ3n) is 5.02. The molecule has 32 heavy (non-hydrogen) atoms. The van der Waals surface area contributed by atoms with Crippen molar-refractivity contribution in [3.63, 3.8) is 0 Å². The number of aromatic amines is 1. The highest BCUT2D eigenvalue weighted by Crippen LogP contribution is 2.34. The van der Waals surface area contributed by atoms with E-state index in [0.717, 1.165) is 5.56 Å². The molecule has 5 nitrogen and oxygen atoms in total. The normalized spacial score (nSPS) is 12.2. The Bertz CT molecular complexity index is 1130. The minimum absolute atomic E-state index is 0.175. The molecule has 1 aromatic heterocycles. The van der Waals surface area contributed by atoms with Crippen LogP contribution in [-0.4, -0.2) is 35.7 Å². The van der Waals surface area contributed by atoms with Gasteiger partial charge in [-0.25, -0.2) is 9.37 Å². The summed E-state index contributed by atoms with van der Waals surface area (Å²) in [5, 5.41) is 2.24. The van der Waals surface area contributed by atoms with Crippen LogP contribution in [0.25, 0.3) is 11.0 Å². The standard InChI is InChI=1S/C23H25F4N3O2/c1-22(2,3)15-12-16(24)14(10-19(15)32-4)11-20-29-17-6-5-13(9-18(17)30-20)21(31)28-8-7-23(25,26)27/h5-6,9-10,12H,7-8,11H2,1-4H3,(H,28,31)(H,29,30). The van der Waals surface area contributed by atoms with Crippen molar-refractivity contribution in [2.75, 3.05) is 13.7 Å². The largest absolute Gasteiger partial charge is 0.496 e. The summed E-state index contributed by atoms with van der Waals surface area (Å²) in [6.45, 7) is 5.41. The molecule has 0 saturated heterocycles. The molecule has 1 heterocycles. The van der Waals surface area contributed by atoms with Crippen LogP contribution < -0.4 is 10.1 Å². The first kappa shape index (κ1) is 23.6. The molecule has 3 rings (SSSR count). The Morgan fingerprint density at radius 1 is 1.16 bits per heavy atom. The number of imidazole rings is 1. The molecule has 0 bridgehead atoms. The molecular formula is C23H25F4N3O2. The van der Waals surface area contributed by atoms with E-state index in [1.54, 1.807) is 12.1 Å². The summed E-state index contributed by atoms with van der Waals surface area (Å²) in [6.07, 6.45) is -5.26. The molecule has 0 saturated carbocycles. The fourth-order valence-corrected chi connectivity index (χ4v) is 3.37. The summed E-state index contributed by atoms with van der Waals surface area (Å²) in [4.78, 5) is 19.6. The maximum absolute atomic E-state index is 14.8. The third kappa shape index (κ3) is 5.57. The lowest BCUT2D eigenvalue weighted by Gasteiger charge is -2.23. The van der Waals surface area contributed by atoms with Crippen molar-refractivity contribution >= 4 is 16.9 Å². The molecule has 3 aromatic rings. The SMILES string of the molecule is COc1cc(Cc2nc3cc(C(=O)NCCC(F)(F)F)ccc3[nH]2)c(F)cc1C(C)(C)C. The fourth-order valence-electron chi connectivity index (χ4n) is 3.37. The van der Waals surface area contributed by atoms with Gasteiger partial charge in [0.05, 0.1) is 24.6 Å².